The molecule has 108 valence electrons. The molecule has 1 aromatic rings. The molecular formula is C11H21N5O2S. The number of H-pyrrole nitrogens is 1. The minimum atomic E-state index is -3.53. The van der Waals surface area contributed by atoms with Crippen molar-refractivity contribution in [1.82, 2.24) is 19.4 Å². The summed E-state index contributed by atoms with van der Waals surface area (Å²) < 4.78 is 27.1. The topological polar surface area (TPSA) is 95.3 Å². The van der Waals surface area contributed by atoms with E-state index in [-0.39, 0.29) is 17.5 Å². The second-order valence-corrected chi connectivity index (χ2v) is 6.88. The van der Waals surface area contributed by atoms with Crippen molar-refractivity contribution in [3.05, 3.63) is 11.4 Å². The first-order valence-electron chi connectivity index (χ1n) is 6.32. The molecule has 8 heteroatoms. The number of hydrogen-bond acceptors (Lipinski definition) is 5. The molecule has 0 aliphatic carbocycles. The number of piperazine rings is 1. The smallest absolute Gasteiger partial charge is 0.247 e. The lowest BCUT2D eigenvalue weighted by Gasteiger charge is -2.37. The van der Waals surface area contributed by atoms with E-state index in [4.69, 9.17) is 5.73 Å². The number of aromatic amines is 1. The number of likely N-dealkylation sites (N-methyl/N-ethyl adjacent to an activating group) is 1. The molecule has 2 heterocycles. The van der Waals surface area contributed by atoms with Crippen molar-refractivity contribution in [2.24, 2.45) is 5.73 Å². The quantitative estimate of drug-likeness (QED) is 0.781. The summed E-state index contributed by atoms with van der Waals surface area (Å²) in [5.41, 5.74) is 6.53. The lowest BCUT2D eigenvalue weighted by molar-refractivity contribution is 0.170. The van der Waals surface area contributed by atoms with Gasteiger partial charge < -0.3 is 10.6 Å². The van der Waals surface area contributed by atoms with Crippen molar-refractivity contribution < 1.29 is 8.42 Å². The first-order chi connectivity index (χ1) is 8.87. The summed E-state index contributed by atoms with van der Waals surface area (Å²) in [5, 5.41) is 6.68. The van der Waals surface area contributed by atoms with Crippen LogP contribution in [0.15, 0.2) is 4.90 Å². The predicted octanol–water partition coefficient (Wildman–Crippen LogP) is -0.499. The van der Waals surface area contributed by atoms with Gasteiger partial charge in [0, 0.05) is 32.2 Å². The molecule has 1 aliphatic heterocycles. The summed E-state index contributed by atoms with van der Waals surface area (Å²) in [4.78, 5) is 2.37. The number of rotatable bonds is 3. The molecule has 1 aliphatic rings. The fourth-order valence-corrected chi connectivity index (χ4v) is 4.50. The Morgan fingerprint density at radius 1 is 1.47 bits per heavy atom. The maximum absolute atomic E-state index is 12.8. The molecule has 1 unspecified atom stereocenters. The summed E-state index contributed by atoms with van der Waals surface area (Å²) >= 11 is 0. The highest BCUT2D eigenvalue weighted by Crippen LogP contribution is 2.25. The summed E-state index contributed by atoms with van der Waals surface area (Å²) in [5.74, 6) is 0. The van der Waals surface area contributed by atoms with Gasteiger partial charge in [0.05, 0.1) is 11.4 Å². The van der Waals surface area contributed by atoms with E-state index < -0.39 is 10.0 Å². The van der Waals surface area contributed by atoms with Gasteiger partial charge in [0.2, 0.25) is 10.0 Å². The normalized spacial score (nSPS) is 22.8. The highest BCUT2D eigenvalue weighted by Gasteiger charge is 2.35. The standard InChI is InChI=1S/C11H21N5O2S/c1-8-7-15(3)4-5-16(8)19(17,18)11-9(2)13-14-10(11)6-12/h8H,4-7,12H2,1-3H3,(H,13,14). The zero-order chi connectivity index (χ0) is 14.2. The van der Waals surface area contributed by atoms with Gasteiger partial charge in [-0.1, -0.05) is 0 Å². The van der Waals surface area contributed by atoms with Crippen molar-refractivity contribution in [1.29, 1.82) is 0 Å². The van der Waals surface area contributed by atoms with Crippen LogP contribution in [0.4, 0.5) is 0 Å². The molecule has 0 saturated carbocycles. The molecule has 7 nitrogen and oxygen atoms in total. The zero-order valence-electron chi connectivity index (χ0n) is 11.5. The second kappa shape index (κ2) is 5.20. The molecule has 0 bridgehead atoms. The number of hydrogen-bond donors (Lipinski definition) is 2. The van der Waals surface area contributed by atoms with Gasteiger partial charge in [-0.25, -0.2) is 8.42 Å². The first-order valence-corrected chi connectivity index (χ1v) is 7.76. The highest BCUT2D eigenvalue weighted by molar-refractivity contribution is 7.89. The molecule has 0 aromatic carbocycles. The minimum Gasteiger partial charge on any atom is -0.325 e. The Morgan fingerprint density at radius 2 is 2.16 bits per heavy atom. The van der Waals surface area contributed by atoms with Gasteiger partial charge in [-0.2, -0.15) is 9.40 Å². The van der Waals surface area contributed by atoms with Crippen molar-refractivity contribution >= 4 is 10.0 Å². The number of sulfonamides is 1. The number of nitrogens with one attached hydrogen (secondary N) is 1. The summed E-state index contributed by atoms with van der Waals surface area (Å²) in [7, 11) is -1.54. The molecule has 3 N–H and O–H groups in total. The van der Waals surface area contributed by atoms with Crippen LogP contribution in [-0.4, -0.2) is 60.5 Å². The van der Waals surface area contributed by atoms with Crippen molar-refractivity contribution in [3.63, 3.8) is 0 Å². The summed E-state index contributed by atoms with van der Waals surface area (Å²) in [6, 6.07) is -0.0522. The predicted molar refractivity (Wildman–Crippen MR) is 72.1 cm³/mol. The van der Waals surface area contributed by atoms with Gasteiger partial charge in [-0.15, -0.1) is 0 Å². The van der Waals surface area contributed by atoms with Gasteiger partial charge in [0.1, 0.15) is 4.90 Å². The van der Waals surface area contributed by atoms with Crippen LogP contribution in [-0.2, 0) is 16.6 Å². The third-order valence-electron chi connectivity index (χ3n) is 3.49. The molecular weight excluding hydrogens is 266 g/mol. The van der Waals surface area contributed by atoms with E-state index in [2.05, 4.69) is 15.1 Å². The van der Waals surface area contributed by atoms with E-state index in [0.717, 1.165) is 13.1 Å². The van der Waals surface area contributed by atoms with E-state index in [0.29, 0.717) is 17.9 Å². The molecule has 0 spiro atoms. The Bertz CT molecular complexity index is 553. The SMILES string of the molecule is Cc1[nH]nc(CN)c1S(=O)(=O)N1CCN(C)CC1C. The monoisotopic (exact) mass is 287 g/mol. The lowest BCUT2D eigenvalue weighted by Crippen LogP contribution is -2.52. The van der Waals surface area contributed by atoms with E-state index in [1.165, 1.54) is 0 Å². The molecule has 0 radical (unpaired) electrons. The Balaban J connectivity index is 2.39. The Kier molecular flexibility index (Phi) is 3.95. The Labute approximate surface area is 113 Å². The molecule has 1 atom stereocenters. The van der Waals surface area contributed by atoms with E-state index in [9.17, 15) is 8.42 Å². The van der Waals surface area contributed by atoms with Crippen LogP contribution in [0.25, 0.3) is 0 Å². The van der Waals surface area contributed by atoms with Gasteiger partial charge in [-0.05, 0) is 20.9 Å². The maximum Gasteiger partial charge on any atom is 0.247 e. The second-order valence-electron chi connectivity index (χ2n) is 5.06. The highest BCUT2D eigenvalue weighted by atomic mass is 32.2. The molecule has 2 rings (SSSR count). The van der Waals surface area contributed by atoms with E-state index in [1.807, 2.05) is 14.0 Å². The van der Waals surface area contributed by atoms with Crippen LogP contribution in [0, 0.1) is 6.92 Å². The first kappa shape index (κ1) is 14.4. The zero-order valence-corrected chi connectivity index (χ0v) is 12.4. The Hall–Kier alpha value is -0.960. The van der Waals surface area contributed by atoms with Crippen LogP contribution in [0.5, 0.6) is 0 Å². The van der Waals surface area contributed by atoms with Crippen molar-refractivity contribution in [2.45, 2.75) is 31.3 Å². The Morgan fingerprint density at radius 3 is 2.74 bits per heavy atom. The number of nitrogens with zero attached hydrogens (tertiary/aromatic N) is 3. The molecule has 1 fully saturated rings. The van der Waals surface area contributed by atoms with Gasteiger partial charge in [0.15, 0.2) is 0 Å². The summed E-state index contributed by atoms with van der Waals surface area (Å²) in [6.45, 7) is 5.70. The van der Waals surface area contributed by atoms with E-state index in [1.54, 1.807) is 11.2 Å². The maximum atomic E-state index is 12.8. The molecule has 19 heavy (non-hydrogen) atoms. The van der Waals surface area contributed by atoms with Gasteiger partial charge in [-0.3, -0.25) is 5.10 Å². The summed E-state index contributed by atoms with van der Waals surface area (Å²) in [6.07, 6.45) is 0. The third kappa shape index (κ3) is 2.53. The van der Waals surface area contributed by atoms with Crippen LogP contribution in [0.3, 0.4) is 0 Å². The molecule has 0 amide bonds. The van der Waals surface area contributed by atoms with Crippen molar-refractivity contribution in [2.75, 3.05) is 26.7 Å². The molecule has 1 aromatic heterocycles. The number of nitrogens with two attached hydrogens (primary N) is 1. The van der Waals surface area contributed by atoms with Crippen LogP contribution >= 0.6 is 0 Å². The number of aryl methyl sites for hydroxylation is 1. The third-order valence-corrected chi connectivity index (χ3v) is 5.71. The molecule has 1 saturated heterocycles. The van der Waals surface area contributed by atoms with Gasteiger partial charge >= 0.3 is 0 Å². The fraction of sp³-hybridized carbons (Fsp3) is 0.727. The van der Waals surface area contributed by atoms with Crippen LogP contribution in [0.1, 0.15) is 18.3 Å². The van der Waals surface area contributed by atoms with Gasteiger partial charge in [0.25, 0.3) is 0 Å². The lowest BCUT2D eigenvalue weighted by atomic mass is 10.2. The van der Waals surface area contributed by atoms with Crippen molar-refractivity contribution in [3.8, 4) is 0 Å². The number of aromatic nitrogens is 2. The largest absolute Gasteiger partial charge is 0.325 e. The average molecular weight is 287 g/mol. The van der Waals surface area contributed by atoms with Crippen LogP contribution in [0.2, 0.25) is 0 Å². The fourth-order valence-electron chi connectivity index (χ4n) is 2.55. The minimum absolute atomic E-state index is 0.0522. The van der Waals surface area contributed by atoms with Crippen LogP contribution < -0.4 is 5.73 Å². The average Bonchev–Trinajstić information content (AvgIpc) is 2.70. The van der Waals surface area contributed by atoms with E-state index >= 15 is 0 Å².